The Labute approximate surface area is 115 Å². The number of rotatable bonds is 3. The second-order valence-corrected chi connectivity index (χ2v) is 4.98. The molecule has 0 radical (unpaired) electrons. The minimum atomic E-state index is -4.30. The van der Waals surface area contributed by atoms with E-state index in [4.69, 9.17) is 0 Å². The zero-order chi connectivity index (χ0) is 14.8. The van der Waals surface area contributed by atoms with Crippen molar-refractivity contribution in [3.63, 3.8) is 0 Å². The van der Waals surface area contributed by atoms with Crippen LogP contribution in [0.2, 0.25) is 0 Å². The van der Waals surface area contributed by atoms with E-state index in [-0.39, 0.29) is 17.9 Å². The molecule has 1 fully saturated rings. The van der Waals surface area contributed by atoms with Gasteiger partial charge in [0, 0.05) is 0 Å². The van der Waals surface area contributed by atoms with Gasteiger partial charge in [0.05, 0.1) is 12.7 Å². The molecule has 1 N–H and O–H groups in total. The van der Waals surface area contributed by atoms with E-state index in [1.54, 1.807) is 0 Å². The van der Waals surface area contributed by atoms with Crippen LogP contribution in [0.15, 0.2) is 24.3 Å². The monoisotopic (exact) mass is 287 g/mol. The minimum absolute atomic E-state index is 0.232. The molecule has 1 heterocycles. The van der Waals surface area contributed by atoms with Gasteiger partial charge in [-0.1, -0.05) is 12.1 Å². The summed E-state index contributed by atoms with van der Waals surface area (Å²) < 4.78 is 42.0. The van der Waals surface area contributed by atoms with E-state index in [2.05, 4.69) is 10.1 Å². The molecule has 1 aliphatic heterocycles. The van der Waals surface area contributed by atoms with Crippen molar-refractivity contribution >= 4 is 5.97 Å². The first-order chi connectivity index (χ1) is 9.40. The zero-order valence-electron chi connectivity index (χ0n) is 11.0. The molecular formula is C14H16F3NO2. The second-order valence-electron chi connectivity index (χ2n) is 4.98. The van der Waals surface area contributed by atoms with Crippen LogP contribution in [-0.2, 0) is 22.1 Å². The quantitative estimate of drug-likeness (QED) is 0.868. The first-order valence-electron chi connectivity index (χ1n) is 6.37. The molecule has 0 aromatic heterocycles. The maximum Gasteiger partial charge on any atom is 0.416 e. The average molecular weight is 287 g/mol. The standard InChI is InChI=1S/C14H16F3NO2/c1-20-13(19)12-7-10(8-18-12)6-9-2-4-11(5-3-9)14(15,16)17/h2-5,10,12,18H,6-8H2,1H3. The van der Waals surface area contributed by atoms with Gasteiger partial charge in [0.2, 0.25) is 0 Å². The van der Waals surface area contributed by atoms with Crippen molar-refractivity contribution in [3.8, 4) is 0 Å². The van der Waals surface area contributed by atoms with Gasteiger partial charge in [-0.2, -0.15) is 13.2 Å². The van der Waals surface area contributed by atoms with Gasteiger partial charge in [-0.25, -0.2) is 0 Å². The van der Waals surface area contributed by atoms with Crippen LogP contribution in [0.1, 0.15) is 17.5 Å². The number of ether oxygens (including phenoxy) is 1. The molecule has 6 heteroatoms. The van der Waals surface area contributed by atoms with Crippen LogP contribution in [0.5, 0.6) is 0 Å². The van der Waals surface area contributed by atoms with Crippen molar-refractivity contribution in [2.75, 3.05) is 13.7 Å². The predicted molar refractivity (Wildman–Crippen MR) is 67.1 cm³/mol. The molecule has 2 atom stereocenters. The normalized spacial score (nSPS) is 22.8. The second kappa shape index (κ2) is 5.83. The van der Waals surface area contributed by atoms with Crippen LogP contribution in [0.3, 0.4) is 0 Å². The first-order valence-corrected chi connectivity index (χ1v) is 6.37. The molecule has 110 valence electrons. The number of nitrogens with one attached hydrogen (secondary N) is 1. The van der Waals surface area contributed by atoms with Crippen molar-refractivity contribution < 1.29 is 22.7 Å². The molecule has 1 aromatic carbocycles. The van der Waals surface area contributed by atoms with Gasteiger partial charge < -0.3 is 10.1 Å². The van der Waals surface area contributed by atoms with E-state index >= 15 is 0 Å². The molecule has 0 amide bonds. The molecule has 3 nitrogen and oxygen atoms in total. The van der Waals surface area contributed by atoms with E-state index in [0.717, 1.165) is 17.7 Å². The van der Waals surface area contributed by atoms with Crippen LogP contribution in [0.25, 0.3) is 0 Å². The van der Waals surface area contributed by atoms with Gasteiger partial charge in [0.1, 0.15) is 6.04 Å². The third kappa shape index (κ3) is 3.50. The zero-order valence-corrected chi connectivity index (χ0v) is 11.0. The third-order valence-corrected chi connectivity index (χ3v) is 3.51. The number of carbonyl (C=O) groups is 1. The Morgan fingerprint density at radius 2 is 2.00 bits per heavy atom. The van der Waals surface area contributed by atoms with Crippen LogP contribution in [-0.4, -0.2) is 25.7 Å². The topological polar surface area (TPSA) is 38.3 Å². The maximum atomic E-state index is 12.4. The van der Waals surface area contributed by atoms with Gasteiger partial charge >= 0.3 is 12.1 Å². The van der Waals surface area contributed by atoms with E-state index in [1.165, 1.54) is 19.2 Å². The Morgan fingerprint density at radius 1 is 1.35 bits per heavy atom. The maximum absolute atomic E-state index is 12.4. The summed E-state index contributed by atoms with van der Waals surface area (Å²) >= 11 is 0. The number of carbonyl (C=O) groups excluding carboxylic acids is 1. The van der Waals surface area contributed by atoms with Crippen molar-refractivity contribution in [2.45, 2.75) is 25.1 Å². The Morgan fingerprint density at radius 3 is 2.55 bits per heavy atom. The summed E-state index contributed by atoms with van der Waals surface area (Å²) in [4.78, 5) is 11.4. The minimum Gasteiger partial charge on any atom is -0.468 e. The highest BCUT2D eigenvalue weighted by Crippen LogP contribution is 2.29. The van der Waals surface area contributed by atoms with Crippen LogP contribution in [0.4, 0.5) is 13.2 Å². The van der Waals surface area contributed by atoms with Gasteiger partial charge in [-0.05, 0) is 43.0 Å². The summed E-state index contributed by atoms with van der Waals surface area (Å²) in [5.41, 5.74) is 0.202. The highest BCUT2D eigenvalue weighted by molar-refractivity contribution is 5.76. The lowest BCUT2D eigenvalue weighted by molar-refractivity contribution is -0.142. The number of benzene rings is 1. The van der Waals surface area contributed by atoms with Crippen molar-refractivity contribution in [1.29, 1.82) is 0 Å². The lowest BCUT2D eigenvalue weighted by Crippen LogP contribution is -2.31. The Hall–Kier alpha value is -1.56. The highest BCUT2D eigenvalue weighted by atomic mass is 19.4. The van der Waals surface area contributed by atoms with Crippen LogP contribution >= 0.6 is 0 Å². The Bertz CT molecular complexity index is 470. The van der Waals surface area contributed by atoms with Crippen molar-refractivity contribution in [2.24, 2.45) is 5.92 Å². The molecule has 1 aliphatic rings. The number of alkyl halides is 3. The largest absolute Gasteiger partial charge is 0.468 e. The van der Waals surface area contributed by atoms with E-state index in [9.17, 15) is 18.0 Å². The fraction of sp³-hybridized carbons (Fsp3) is 0.500. The van der Waals surface area contributed by atoms with Gasteiger partial charge in [-0.15, -0.1) is 0 Å². The summed E-state index contributed by atoms with van der Waals surface area (Å²) in [6.45, 7) is 0.667. The third-order valence-electron chi connectivity index (χ3n) is 3.51. The predicted octanol–water partition coefficient (Wildman–Crippen LogP) is 2.40. The Balaban J connectivity index is 1.93. The lowest BCUT2D eigenvalue weighted by atomic mass is 9.96. The van der Waals surface area contributed by atoms with Crippen LogP contribution < -0.4 is 5.32 Å². The van der Waals surface area contributed by atoms with Gasteiger partial charge in [0.25, 0.3) is 0 Å². The number of esters is 1. The molecule has 1 aromatic rings. The smallest absolute Gasteiger partial charge is 0.416 e. The van der Waals surface area contributed by atoms with Crippen LogP contribution in [0, 0.1) is 5.92 Å². The summed E-state index contributed by atoms with van der Waals surface area (Å²) in [6, 6.07) is 4.87. The molecule has 2 rings (SSSR count). The summed E-state index contributed by atoms with van der Waals surface area (Å²) in [5, 5.41) is 3.06. The fourth-order valence-corrected chi connectivity index (χ4v) is 2.45. The van der Waals surface area contributed by atoms with Crippen molar-refractivity contribution in [3.05, 3.63) is 35.4 Å². The van der Waals surface area contributed by atoms with E-state index < -0.39 is 11.7 Å². The van der Waals surface area contributed by atoms with E-state index in [1.807, 2.05) is 0 Å². The van der Waals surface area contributed by atoms with E-state index in [0.29, 0.717) is 19.4 Å². The molecule has 0 spiro atoms. The molecule has 0 saturated carbocycles. The number of hydrogen-bond acceptors (Lipinski definition) is 3. The fourth-order valence-electron chi connectivity index (χ4n) is 2.45. The number of hydrogen-bond donors (Lipinski definition) is 1. The molecular weight excluding hydrogens is 271 g/mol. The number of halogens is 3. The molecule has 2 unspecified atom stereocenters. The molecule has 20 heavy (non-hydrogen) atoms. The van der Waals surface area contributed by atoms with Gasteiger partial charge in [-0.3, -0.25) is 4.79 Å². The summed E-state index contributed by atoms with van der Waals surface area (Å²) in [6.07, 6.45) is -3.00. The van der Waals surface area contributed by atoms with Crippen molar-refractivity contribution in [1.82, 2.24) is 5.32 Å². The molecule has 1 saturated heterocycles. The lowest BCUT2D eigenvalue weighted by Gasteiger charge is -2.11. The Kier molecular flexibility index (Phi) is 4.32. The van der Waals surface area contributed by atoms with Gasteiger partial charge in [0.15, 0.2) is 0 Å². The molecule has 0 bridgehead atoms. The summed E-state index contributed by atoms with van der Waals surface area (Å²) in [5.74, 6) is -0.0595. The number of methoxy groups -OCH3 is 1. The summed E-state index contributed by atoms with van der Waals surface area (Å²) in [7, 11) is 1.34. The average Bonchev–Trinajstić information content (AvgIpc) is 2.86. The SMILES string of the molecule is COC(=O)C1CC(Cc2ccc(C(F)(F)F)cc2)CN1. The first kappa shape index (κ1) is 14.8. The molecule has 0 aliphatic carbocycles. The highest BCUT2D eigenvalue weighted by Gasteiger charge is 2.31.